The molecule has 0 fully saturated rings. The molecule has 2 aromatic heterocycles. The fraction of sp³-hybridized carbons (Fsp3) is 0.100. The van der Waals surface area contributed by atoms with E-state index in [4.69, 9.17) is 10.5 Å². The number of carbonyl (C=O) groups is 1. The van der Waals surface area contributed by atoms with Crippen LogP contribution in [0.4, 0.5) is 0 Å². The molecule has 7 nitrogen and oxygen atoms in total. The zero-order valence-corrected chi connectivity index (χ0v) is 14.6. The van der Waals surface area contributed by atoms with Crippen molar-refractivity contribution in [1.82, 2.24) is 20.3 Å². The molecule has 27 heavy (non-hydrogen) atoms. The lowest BCUT2D eigenvalue weighted by molar-refractivity contribution is 0.0934. The maximum Gasteiger partial charge on any atom is 0.272 e. The first-order chi connectivity index (χ1) is 13.2. The molecule has 134 valence electrons. The minimum atomic E-state index is -0.820. The number of benzene rings is 2. The molecule has 0 aliphatic rings. The van der Waals surface area contributed by atoms with Gasteiger partial charge in [-0.15, -0.1) is 0 Å². The molecular formula is C20H17N5O2. The third-order valence-electron chi connectivity index (χ3n) is 4.35. The molecule has 2 aromatic carbocycles. The number of hydrogen-bond donors (Lipinski definition) is 2. The van der Waals surface area contributed by atoms with Crippen molar-refractivity contribution in [3.05, 3.63) is 72.3 Å². The number of nitrogens with two attached hydrogens (primary N) is 1. The molecule has 1 unspecified atom stereocenters. The molecule has 1 amide bonds. The molecule has 0 aliphatic carbocycles. The predicted octanol–water partition coefficient (Wildman–Crippen LogP) is 2.57. The summed E-state index contributed by atoms with van der Waals surface area (Å²) in [6, 6.07) is 14.8. The first-order valence-electron chi connectivity index (χ1n) is 8.37. The first-order valence-corrected chi connectivity index (χ1v) is 8.37. The number of hydrogen-bond acceptors (Lipinski definition) is 6. The van der Waals surface area contributed by atoms with Crippen LogP contribution in [0.15, 0.2) is 61.1 Å². The van der Waals surface area contributed by atoms with E-state index in [0.29, 0.717) is 27.7 Å². The monoisotopic (exact) mass is 359 g/mol. The lowest BCUT2D eigenvalue weighted by Gasteiger charge is -2.19. The van der Waals surface area contributed by atoms with Crippen LogP contribution < -0.4 is 15.8 Å². The second kappa shape index (κ2) is 6.97. The van der Waals surface area contributed by atoms with Crippen molar-refractivity contribution in [3.63, 3.8) is 0 Å². The molecule has 2 heterocycles. The highest BCUT2D eigenvalue weighted by Crippen LogP contribution is 2.30. The molecule has 0 aliphatic heterocycles. The number of amides is 1. The average Bonchev–Trinajstić information content (AvgIpc) is 2.72. The van der Waals surface area contributed by atoms with E-state index in [0.717, 1.165) is 5.39 Å². The zero-order chi connectivity index (χ0) is 18.8. The van der Waals surface area contributed by atoms with Crippen molar-refractivity contribution in [2.45, 2.75) is 6.17 Å². The Morgan fingerprint density at radius 3 is 2.78 bits per heavy atom. The predicted molar refractivity (Wildman–Crippen MR) is 102 cm³/mol. The number of rotatable bonds is 4. The van der Waals surface area contributed by atoms with Gasteiger partial charge in [0, 0.05) is 17.0 Å². The van der Waals surface area contributed by atoms with Gasteiger partial charge >= 0.3 is 0 Å². The lowest BCUT2D eigenvalue weighted by Crippen LogP contribution is -2.35. The van der Waals surface area contributed by atoms with E-state index in [9.17, 15) is 4.79 Å². The summed E-state index contributed by atoms with van der Waals surface area (Å²) in [5, 5.41) is 4.37. The molecule has 0 saturated heterocycles. The number of fused-ring (bicyclic) bond motifs is 2. The smallest absolute Gasteiger partial charge is 0.272 e. The summed E-state index contributed by atoms with van der Waals surface area (Å²) in [5.74, 6) is 0.164. The van der Waals surface area contributed by atoms with Gasteiger partial charge in [-0.2, -0.15) is 0 Å². The molecular weight excluding hydrogens is 342 g/mol. The minimum absolute atomic E-state index is 0.267. The van der Waals surface area contributed by atoms with Gasteiger partial charge < -0.3 is 15.8 Å². The largest absolute Gasteiger partial charge is 0.496 e. The van der Waals surface area contributed by atoms with Crippen molar-refractivity contribution in [1.29, 1.82) is 0 Å². The fourth-order valence-electron chi connectivity index (χ4n) is 3.10. The summed E-state index contributed by atoms with van der Waals surface area (Å²) in [6.45, 7) is 0. The van der Waals surface area contributed by atoms with Gasteiger partial charge in [-0.1, -0.05) is 24.3 Å². The van der Waals surface area contributed by atoms with Crippen LogP contribution in [0.25, 0.3) is 21.8 Å². The van der Waals surface area contributed by atoms with Gasteiger partial charge in [0.1, 0.15) is 23.9 Å². The summed E-state index contributed by atoms with van der Waals surface area (Å²) in [5.41, 5.74) is 8.57. The van der Waals surface area contributed by atoms with E-state index >= 15 is 0 Å². The Morgan fingerprint density at radius 1 is 1.07 bits per heavy atom. The van der Waals surface area contributed by atoms with Crippen molar-refractivity contribution in [2.24, 2.45) is 5.73 Å². The normalized spacial score (nSPS) is 12.1. The lowest BCUT2D eigenvalue weighted by atomic mass is 10.1. The van der Waals surface area contributed by atoms with Crippen LogP contribution in [-0.2, 0) is 0 Å². The highest BCUT2D eigenvalue weighted by atomic mass is 16.5. The summed E-state index contributed by atoms with van der Waals surface area (Å²) < 4.78 is 5.44. The zero-order valence-electron chi connectivity index (χ0n) is 14.6. The Labute approximate surface area is 155 Å². The number of ether oxygens (including phenoxy) is 1. The number of para-hydroxylation sites is 1. The van der Waals surface area contributed by atoms with Crippen LogP contribution in [0.1, 0.15) is 22.2 Å². The van der Waals surface area contributed by atoms with E-state index in [2.05, 4.69) is 20.3 Å². The Morgan fingerprint density at radius 2 is 1.93 bits per heavy atom. The summed E-state index contributed by atoms with van der Waals surface area (Å²) >= 11 is 0. The van der Waals surface area contributed by atoms with Gasteiger partial charge in [0.2, 0.25) is 0 Å². The second-order valence-electron chi connectivity index (χ2n) is 5.95. The third kappa shape index (κ3) is 3.04. The highest BCUT2D eigenvalue weighted by Gasteiger charge is 2.21. The van der Waals surface area contributed by atoms with Crippen molar-refractivity contribution in [3.8, 4) is 5.75 Å². The first kappa shape index (κ1) is 16.9. The highest BCUT2D eigenvalue weighted by molar-refractivity contribution is 6.04. The van der Waals surface area contributed by atoms with E-state index in [1.54, 1.807) is 19.4 Å². The summed E-state index contributed by atoms with van der Waals surface area (Å²) in [6.07, 6.45) is 2.22. The number of nitrogens with one attached hydrogen (secondary N) is 1. The van der Waals surface area contributed by atoms with Crippen molar-refractivity contribution in [2.75, 3.05) is 7.11 Å². The van der Waals surface area contributed by atoms with Crippen LogP contribution in [0.5, 0.6) is 5.75 Å². The molecule has 0 radical (unpaired) electrons. The van der Waals surface area contributed by atoms with Gasteiger partial charge in [0.15, 0.2) is 0 Å². The quantitative estimate of drug-likeness (QED) is 0.543. The Kier molecular flexibility index (Phi) is 4.35. The Bertz CT molecular complexity index is 1140. The molecule has 1 atom stereocenters. The van der Waals surface area contributed by atoms with Crippen LogP contribution in [0.3, 0.4) is 0 Å². The van der Waals surface area contributed by atoms with Crippen molar-refractivity contribution < 1.29 is 9.53 Å². The molecule has 0 saturated carbocycles. The van der Waals surface area contributed by atoms with E-state index in [-0.39, 0.29) is 5.69 Å². The van der Waals surface area contributed by atoms with E-state index in [1.165, 1.54) is 6.33 Å². The topological polar surface area (TPSA) is 103 Å². The standard InChI is InChI=1S/C20H17N5O2/c1-27-15-9-8-12-5-4-10-22-17(12)16(15)19(21)25-20(26)18-13-6-2-3-7-14(13)23-11-24-18/h2-11,19H,21H2,1H3,(H,25,26). The van der Waals surface area contributed by atoms with Gasteiger partial charge in [-0.25, -0.2) is 9.97 Å². The van der Waals surface area contributed by atoms with Gasteiger partial charge in [0.05, 0.1) is 23.7 Å². The summed E-state index contributed by atoms with van der Waals surface area (Å²) in [7, 11) is 1.56. The van der Waals surface area contributed by atoms with Gasteiger partial charge in [0.25, 0.3) is 5.91 Å². The average molecular weight is 359 g/mol. The molecule has 0 spiro atoms. The maximum atomic E-state index is 12.8. The Balaban J connectivity index is 1.73. The third-order valence-corrected chi connectivity index (χ3v) is 4.35. The maximum absolute atomic E-state index is 12.8. The Hall–Kier alpha value is -3.58. The van der Waals surface area contributed by atoms with Crippen molar-refractivity contribution >= 4 is 27.7 Å². The van der Waals surface area contributed by atoms with E-state index in [1.807, 2.05) is 42.5 Å². The van der Waals surface area contributed by atoms with Gasteiger partial charge in [-0.05, 0) is 24.3 Å². The number of methoxy groups -OCH3 is 1. The fourth-order valence-corrected chi connectivity index (χ4v) is 3.10. The van der Waals surface area contributed by atoms with Crippen LogP contribution >= 0.6 is 0 Å². The van der Waals surface area contributed by atoms with Crippen LogP contribution in [0, 0.1) is 0 Å². The van der Waals surface area contributed by atoms with Crippen LogP contribution in [-0.4, -0.2) is 28.0 Å². The molecule has 7 heteroatoms. The molecule has 3 N–H and O–H groups in total. The number of pyridine rings is 1. The number of nitrogens with zero attached hydrogens (tertiary/aromatic N) is 3. The minimum Gasteiger partial charge on any atom is -0.496 e. The second-order valence-corrected chi connectivity index (χ2v) is 5.95. The summed E-state index contributed by atoms with van der Waals surface area (Å²) in [4.78, 5) is 25.5. The SMILES string of the molecule is COc1ccc2cccnc2c1C(N)NC(=O)c1ncnc2ccccc12. The number of carbonyl (C=O) groups excluding carboxylic acids is 1. The molecule has 4 aromatic rings. The van der Waals surface area contributed by atoms with Crippen LogP contribution in [0.2, 0.25) is 0 Å². The number of aromatic nitrogens is 3. The molecule has 0 bridgehead atoms. The molecule has 4 rings (SSSR count). The van der Waals surface area contributed by atoms with Gasteiger partial charge in [-0.3, -0.25) is 9.78 Å². The van der Waals surface area contributed by atoms with E-state index < -0.39 is 12.1 Å².